The van der Waals surface area contributed by atoms with E-state index in [2.05, 4.69) is 30.9 Å². The molecule has 27 heavy (non-hydrogen) atoms. The van der Waals surface area contributed by atoms with Crippen LogP contribution in [0.5, 0.6) is 0 Å². The van der Waals surface area contributed by atoms with Gasteiger partial charge in [-0.1, -0.05) is 17.4 Å². The molecular weight excluding hydrogens is 409 g/mol. The number of hydrogen-bond acceptors (Lipinski definition) is 7. The first-order chi connectivity index (χ1) is 12.2. The highest BCUT2D eigenvalue weighted by molar-refractivity contribution is 7.18. The van der Waals surface area contributed by atoms with Gasteiger partial charge in [-0.15, -0.1) is 35.0 Å². The lowest BCUT2D eigenvalue weighted by molar-refractivity contribution is -0.119. The highest BCUT2D eigenvalue weighted by atomic mass is 35.5. The van der Waals surface area contributed by atoms with Crippen molar-refractivity contribution in [1.29, 1.82) is 0 Å². The SMILES string of the molecule is Cl.Cl.Cn1cc([C@H]2CNC[C@@H]2C(=O)Nc2nnc(-c3ccccn3)s2)cn1. The van der Waals surface area contributed by atoms with Crippen LogP contribution in [0.4, 0.5) is 5.13 Å². The van der Waals surface area contributed by atoms with E-state index in [9.17, 15) is 4.79 Å². The summed E-state index contributed by atoms with van der Waals surface area (Å²) >= 11 is 1.32. The number of rotatable bonds is 4. The highest BCUT2D eigenvalue weighted by Crippen LogP contribution is 2.30. The van der Waals surface area contributed by atoms with Gasteiger partial charge in [0.2, 0.25) is 11.0 Å². The average molecular weight is 428 g/mol. The molecule has 1 saturated heterocycles. The summed E-state index contributed by atoms with van der Waals surface area (Å²) in [4.78, 5) is 16.9. The fraction of sp³-hybridized carbons (Fsp3) is 0.312. The summed E-state index contributed by atoms with van der Waals surface area (Å²) in [5.74, 6) is -0.106. The molecule has 2 N–H and O–H groups in total. The Kier molecular flexibility index (Phi) is 7.25. The van der Waals surface area contributed by atoms with Gasteiger partial charge in [-0.2, -0.15) is 5.10 Å². The van der Waals surface area contributed by atoms with Gasteiger partial charge in [-0.25, -0.2) is 0 Å². The summed E-state index contributed by atoms with van der Waals surface area (Å²) in [5.41, 5.74) is 1.82. The van der Waals surface area contributed by atoms with Gasteiger partial charge in [0.1, 0.15) is 5.69 Å². The molecule has 0 aliphatic carbocycles. The number of aromatic nitrogens is 5. The number of carbonyl (C=O) groups is 1. The van der Waals surface area contributed by atoms with E-state index in [-0.39, 0.29) is 42.6 Å². The standard InChI is InChI=1S/C16H17N7OS.2ClH/c1-23-9-10(6-19-23)11-7-17-8-12(11)14(24)20-16-22-21-15(25-16)13-4-2-3-5-18-13;;/h2-6,9,11-12,17H,7-8H2,1H3,(H,20,22,24);2*1H/t11-,12+;;/m1../s1. The normalized spacial score (nSPS) is 18.4. The number of nitrogens with one attached hydrogen (secondary N) is 2. The molecule has 11 heteroatoms. The quantitative estimate of drug-likeness (QED) is 0.661. The number of anilines is 1. The molecular formula is C16H19Cl2N7OS. The molecule has 1 aliphatic heterocycles. The third-order valence-electron chi connectivity index (χ3n) is 4.24. The van der Waals surface area contributed by atoms with E-state index in [0.717, 1.165) is 17.8 Å². The molecule has 1 amide bonds. The van der Waals surface area contributed by atoms with Crippen molar-refractivity contribution < 1.29 is 4.79 Å². The van der Waals surface area contributed by atoms with Crippen LogP contribution < -0.4 is 10.6 Å². The first-order valence-corrected chi connectivity index (χ1v) is 8.77. The van der Waals surface area contributed by atoms with Crippen molar-refractivity contribution >= 4 is 47.2 Å². The lowest BCUT2D eigenvalue weighted by Crippen LogP contribution is -2.28. The Balaban J connectivity index is 0.00000131. The van der Waals surface area contributed by atoms with E-state index in [1.807, 2.05) is 37.6 Å². The van der Waals surface area contributed by atoms with Crippen molar-refractivity contribution in [3.63, 3.8) is 0 Å². The van der Waals surface area contributed by atoms with E-state index in [4.69, 9.17) is 0 Å². The molecule has 1 fully saturated rings. The average Bonchev–Trinajstić information content (AvgIpc) is 3.35. The summed E-state index contributed by atoms with van der Waals surface area (Å²) in [6.45, 7) is 1.40. The minimum absolute atomic E-state index is 0. The molecule has 0 spiro atoms. The van der Waals surface area contributed by atoms with E-state index < -0.39 is 0 Å². The van der Waals surface area contributed by atoms with Crippen molar-refractivity contribution in [2.75, 3.05) is 18.4 Å². The Bertz CT molecular complexity index is 886. The fourth-order valence-corrected chi connectivity index (χ4v) is 3.72. The Labute approximate surface area is 172 Å². The van der Waals surface area contributed by atoms with Crippen LogP contribution in [0, 0.1) is 5.92 Å². The van der Waals surface area contributed by atoms with Gasteiger partial charge in [0.05, 0.1) is 12.1 Å². The summed E-state index contributed by atoms with van der Waals surface area (Å²) in [6.07, 6.45) is 5.49. The number of aryl methyl sites for hydroxylation is 1. The van der Waals surface area contributed by atoms with Gasteiger partial charge in [-0.3, -0.25) is 14.5 Å². The predicted molar refractivity (Wildman–Crippen MR) is 109 cm³/mol. The number of carbonyl (C=O) groups excluding carboxylic acids is 1. The number of halogens is 2. The topological polar surface area (TPSA) is 97.6 Å². The molecule has 3 aromatic rings. The van der Waals surface area contributed by atoms with Gasteiger partial charge >= 0.3 is 0 Å². The smallest absolute Gasteiger partial charge is 0.231 e. The maximum atomic E-state index is 12.7. The fourth-order valence-electron chi connectivity index (χ4n) is 3.00. The summed E-state index contributed by atoms with van der Waals surface area (Å²) in [7, 11) is 1.88. The predicted octanol–water partition coefficient (Wildman–Crippen LogP) is 2.12. The van der Waals surface area contributed by atoms with Gasteiger partial charge in [0.25, 0.3) is 0 Å². The Hall–Kier alpha value is -2.07. The molecule has 3 aromatic heterocycles. The van der Waals surface area contributed by atoms with E-state index in [0.29, 0.717) is 16.7 Å². The molecule has 0 aromatic carbocycles. The summed E-state index contributed by atoms with van der Waals surface area (Å²) < 4.78 is 1.76. The van der Waals surface area contributed by atoms with Gasteiger partial charge in [0.15, 0.2) is 5.01 Å². The van der Waals surface area contributed by atoms with Gasteiger partial charge in [0, 0.05) is 38.4 Å². The van der Waals surface area contributed by atoms with Crippen molar-refractivity contribution in [3.05, 3.63) is 42.4 Å². The van der Waals surface area contributed by atoms with Crippen LogP contribution in [0.25, 0.3) is 10.7 Å². The molecule has 1 aliphatic rings. The third-order valence-corrected chi connectivity index (χ3v) is 5.10. The Morgan fingerprint density at radius 3 is 2.85 bits per heavy atom. The molecule has 0 radical (unpaired) electrons. The number of amides is 1. The molecule has 4 rings (SSSR count). The van der Waals surface area contributed by atoms with Crippen LogP contribution in [0.15, 0.2) is 36.8 Å². The zero-order valence-corrected chi connectivity index (χ0v) is 16.9. The number of nitrogens with zero attached hydrogens (tertiary/aromatic N) is 5. The monoisotopic (exact) mass is 427 g/mol. The van der Waals surface area contributed by atoms with Crippen LogP contribution in [-0.4, -0.2) is 44.0 Å². The van der Waals surface area contributed by atoms with Crippen LogP contribution in [-0.2, 0) is 11.8 Å². The largest absolute Gasteiger partial charge is 0.315 e. The van der Waals surface area contributed by atoms with Gasteiger partial charge in [-0.05, 0) is 17.7 Å². The molecule has 0 bridgehead atoms. The van der Waals surface area contributed by atoms with E-state index >= 15 is 0 Å². The zero-order valence-electron chi connectivity index (χ0n) is 14.4. The van der Waals surface area contributed by atoms with Crippen LogP contribution in [0.3, 0.4) is 0 Å². The highest BCUT2D eigenvalue weighted by Gasteiger charge is 2.35. The van der Waals surface area contributed by atoms with Crippen molar-refractivity contribution in [1.82, 2.24) is 30.3 Å². The van der Waals surface area contributed by atoms with Crippen LogP contribution in [0.2, 0.25) is 0 Å². The molecule has 2 atom stereocenters. The first-order valence-electron chi connectivity index (χ1n) is 7.96. The number of hydrogen-bond donors (Lipinski definition) is 2. The van der Waals surface area contributed by atoms with E-state index in [1.165, 1.54) is 11.3 Å². The second kappa shape index (κ2) is 9.23. The van der Waals surface area contributed by atoms with Crippen molar-refractivity contribution in [3.8, 4) is 10.7 Å². The Morgan fingerprint density at radius 1 is 1.30 bits per heavy atom. The maximum absolute atomic E-state index is 12.7. The number of pyridine rings is 1. The van der Waals surface area contributed by atoms with Crippen molar-refractivity contribution in [2.24, 2.45) is 13.0 Å². The molecule has 8 nitrogen and oxygen atoms in total. The Morgan fingerprint density at radius 2 is 2.15 bits per heavy atom. The summed E-state index contributed by atoms with van der Waals surface area (Å²) in [6, 6.07) is 5.61. The second-order valence-corrected chi connectivity index (χ2v) is 6.91. The zero-order chi connectivity index (χ0) is 17.2. The second-order valence-electron chi connectivity index (χ2n) is 5.94. The third kappa shape index (κ3) is 4.62. The first kappa shape index (κ1) is 21.2. The molecule has 0 saturated carbocycles. The minimum Gasteiger partial charge on any atom is -0.315 e. The molecule has 0 unspecified atom stereocenters. The van der Waals surface area contributed by atoms with Crippen LogP contribution >= 0.6 is 36.2 Å². The van der Waals surface area contributed by atoms with Gasteiger partial charge < -0.3 is 10.6 Å². The molecule has 4 heterocycles. The van der Waals surface area contributed by atoms with Crippen molar-refractivity contribution in [2.45, 2.75) is 5.92 Å². The lowest BCUT2D eigenvalue weighted by atomic mass is 9.90. The maximum Gasteiger partial charge on any atom is 0.231 e. The minimum atomic E-state index is -0.161. The molecule has 144 valence electrons. The van der Waals surface area contributed by atoms with E-state index in [1.54, 1.807) is 10.9 Å². The lowest BCUT2D eigenvalue weighted by Gasteiger charge is -2.15. The van der Waals surface area contributed by atoms with Crippen LogP contribution in [0.1, 0.15) is 11.5 Å². The summed E-state index contributed by atoms with van der Waals surface area (Å²) in [5, 5.41) is 19.7.